The van der Waals surface area contributed by atoms with Gasteiger partial charge in [0.25, 0.3) is 0 Å². The minimum Gasteiger partial charge on any atom is -0.461 e. The number of anilines is 1. The first kappa shape index (κ1) is 26.2. The molecule has 0 radical (unpaired) electrons. The van der Waals surface area contributed by atoms with Crippen LogP contribution in [0.15, 0.2) is 79.5 Å². The van der Waals surface area contributed by atoms with Gasteiger partial charge in [0, 0.05) is 18.3 Å². The number of hydrogen-bond donors (Lipinski definition) is 2. The second kappa shape index (κ2) is 11.5. The number of benzene rings is 2. The lowest BCUT2D eigenvalue weighted by atomic mass is 9.92. The van der Waals surface area contributed by atoms with Crippen LogP contribution < -0.4 is 5.32 Å². The largest absolute Gasteiger partial charge is 0.461 e. The van der Waals surface area contributed by atoms with E-state index in [2.05, 4.69) is 26.8 Å². The van der Waals surface area contributed by atoms with Gasteiger partial charge in [-0.05, 0) is 42.8 Å². The molecule has 0 unspecified atom stereocenters. The summed E-state index contributed by atoms with van der Waals surface area (Å²) in [5, 5.41) is 3.24. The van der Waals surface area contributed by atoms with Gasteiger partial charge in [-0.3, -0.25) is 4.79 Å². The number of rotatable bonds is 9. The molecule has 0 spiro atoms. The minimum atomic E-state index is -0.958. The molecule has 0 saturated carbocycles. The van der Waals surface area contributed by atoms with Crippen molar-refractivity contribution in [3.8, 4) is 22.6 Å². The minimum absolute atomic E-state index is 0.0800. The van der Waals surface area contributed by atoms with Crippen LogP contribution in [0.2, 0.25) is 0 Å². The monoisotopic (exact) mass is 529 g/mol. The van der Waals surface area contributed by atoms with Crippen LogP contribution in [-0.2, 0) is 25.5 Å². The van der Waals surface area contributed by atoms with E-state index in [1.54, 1.807) is 31.3 Å². The number of halogens is 1. The van der Waals surface area contributed by atoms with Gasteiger partial charge >= 0.3 is 5.97 Å². The third-order valence-electron chi connectivity index (χ3n) is 6.20. The third kappa shape index (κ3) is 6.02. The number of carbonyl (C=O) groups excluding carboxylic acids is 1. The van der Waals surface area contributed by atoms with E-state index in [1.807, 2.05) is 30.3 Å². The molecule has 0 atom stereocenters. The molecule has 1 saturated heterocycles. The SMILES string of the molecule is C=CCOC(=O)C1(C)COC(c2nc(-c3ccc(F)cc3)c(-c3ccnc(NCc4ccccc4)n3)[nH]2)OC1. The van der Waals surface area contributed by atoms with Gasteiger partial charge in [0.1, 0.15) is 17.8 Å². The second-order valence-corrected chi connectivity index (χ2v) is 9.36. The summed E-state index contributed by atoms with van der Waals surface area (Å²) in [7, 11) is 0. The zero-order valence-corrected chi connectivity index (χ0v) is 21.4. The zero-order valence-electron chi connectivity index (χ0n) is 21.4. The van der Waals surface area contributed by atoms with Crippen LogP contribution in [0.1, 0.15) is 24.6 Å². The van der Waals surface area contributed by atoms with Gasteiger partial charge in [0.05, 0.1) is 30.3 Å². The number of nitrogens with one attached hydrogen (secondary N) is 2. The average Bonchev–Trinajstić information content (AvgIpc) is 3.42. The Balaban J connectivity index is 1.41. The van der Waals surface area contributed by atoms with Crippen LogP contribution >= 0.6 is 0 Å². The molecule has 0 aliphatic carbocycles. The Hall–Kier alpha value is -4.41. The highest BCUT2D eigenvalue weighted by atomic mass is 19.1. The van der Waals surface area contributed by atoms with Gasteiger partial charge in [0.15, 0.2) is 5.82 Å². The lowest BCUT2D eigenvalue weighted by Crippen LogP contribution is -2.43. The standard InChI is InChI=1S/C29H28FN5O4/c1-3-15-37-27(36)29(2)17-38-26(39-18-29)25-34-23(20-9-11-21(30)12-10-20)24(35-25)22-13-14-31-28(33-22)32-16-19-7-5-4-6-8-19/h3-14,26H,1,15-18H2,2H3,(H,34,35)(H,31,32,33). The summed E-state index contributed by atoms with van der Waals surface area (Å²) in [4.78, 5) is 29.5. The molecule has 200 valence electrons. The van der Waals surface area contributed by atoms with Gasteiger partial charge in [-0.25, -0.2) is 19.3 Å². The molecule has 9 nitrogen and oxygen atoms in total. The lowest BCUT2D eigenvalue weighted by molar-refractivity contribution is -0.238. The molecule has 2 aromatic carbocycles. The molecule has 10 heteroatoms. The molecule has 5 rings (SSSR count). The number of H-pyrrole nitrogens is 1. The van der Waals surface area contributed by atoms with E-state index < -0.39 is 17.7 Å². The van der Waals surface area contributed by atoms with Crippen molar-refractivity contribution in [2.45, 2.75) is 19.8 Å². The smallest absolute Gasteiger partial charge is 0.316 e. The first-order chi connectivity index (χ1) is 18.9. The lowest BCUT2D eigenvalue weighted by Gasteiger charge is -2.34. The Bertz CT molecular complexity index is 1430. The van der Waals surface area contributed by atoms with Crippen LogP contribution in [0, 0.1) is 11.2 Å². The number of ether oxygens (including phenoxy) is 3. The third-order valence-corrected chi connectivity index (χ3v) is 6.20. The maximum atomic E-state index is 13.7. The molecule has 0 bridgehead atoms. The molecule has 39 heavy (non-hydrogen) atoms. The topological polar surface area (TPSA) is 111 Å². The first-order valence-electron chi connectivity index (χ1n) is 12.4. The Morgan fingerprint density at radius 2 is 1.90 bits per heavy atom. The van der Waals surface area contributed by atoms with E-state index in [4.69, 9.17) is 19.2 Å². The molecule has 3 heterocycles. The number of hydrogen-bond acceptors (Lipinski definition) is 8. The number of esters is 1. The number of imidazole rings is 1. The highest BCUT2D eigenvalue weighted by molar-refractivity contribution is 5.78. The van der Waals surface area contributed by atoms with Crippen molar-refractivity contribution >= 4 is 11.9 Å². The summed E-state index contributed by atoms with van der Waals surface area (Å²) >= 11 is 0. The summed E-state index contributed by atoms with van der Waals surface area (Å²) in [6, 6.07) is 17.7. The van der Waals surface area contributed by atoms with Gasteiger partial charge in [0.2, 0.25) is 12.2 Å². The number of nitrogens with zero attached hydrogens (tertiary/aromatic N) is 3. The van der Waals surface area contributed by atoms with Crippen molar-refractivity contribution in [2.75, 3.05) is 25.1 Å². The summed E-state index contributed by atoms with van der Waals surface area (Å²) in [5.41, 5.74) is 2.53. The van der Waals surface area contributed by atoms with E-state index in [-0.39, 0.29) is 25.6 Å². The summed E-state index contributed by atoms with van der Waals surface area (Å²) in [6.07, 6.45) is 2.31. The van der Waals surface area contributed by atoms with E-state index in [0.717, 1.165) is 5.56 Å². The number of carbonyl (C=O) groups is 1. The van der Waals surface area contributed by atoms with Crippen molar-refractivity contribution in [3.05, 3.63) is 96.7 Å². The zero-order chi connectivity index (χ0) is 27.2. The highest BCUT2D eigenvalue weighted by Gasteiger charge is 2.42. The van der Waals surface area contributed by atoms with Crippen LogP contribution in [0.25, 0.3) is 22.6 Å². The maximum Gasteiger partial charge on any atom is 0.316 e. The van der Waals surface area contributed by atoms with Crippen LogP contribution in [0.5, 0.6) is 0 Å². The molecule has 0 amide bonds. The van der Waals surface area contributed by atoms with Crippen molar-refractivity contribution in [1.82, 2.24) is 19.9 Å². The van der Waals surface area contributed by atoms with Crippen molar-refractivity contribution in [2.24, 2.45) is 5.41 Å². The molecule has 1 aliphatic heterocycles. The molecular formula is C29H28FN5O4. The summed E-state index contributed by atoms with van der Waals surface area (Å²) in [5.74, 6) is 0.0522. The van der Waals surface area contributed by atoms with E-state index in [9.17, 15) is 9.18 Å². The quantitative estimate of drug-likeness (QED) is 0.229. The van der Waals surface area contributed by atoms with Crippen molar-refractivity contribution in [1.29, 1.82) is 0 Å². The fourth-order valence-electron chi connectivity index (χ4n) is 4.06. The van der Waals surface area contributed by atoms with Crippen molar-refractivity contribution < 1.29 is 23.4 Å². The Morgan fingerprint density at radius 3 is 2.62 bits per heavy atom. The van der Waals surface area contributed by atoms with Gasteiger partial charge < -0.3 is 24.5 Å². The normalized spacial score (nSPS) is 18.9. The number of aromatic nitrogens is 4. The molecule has 1 fully saturated rings. The molecule has 2 N–H and O–H groups in total. The highest BCUT2D eigenvalue weighted by Crippen LogP contribution is 2.36. The first-order valence-corrected chi connectivity index (χ1v) is 12.4. The Labute approximate surface area is 225 Å². The van der Waals surface area contributed by atoms with E-state index in [0.29, 0.717) is 41.0 Å². The molecule has 1 aliphatic rings. The van der Waals surface area contributed by atoms with Crippen LogP contribution in [0.4, 0.5) is 10.3 Å². The molecule has 4 aromatic rings. The van der Waals surface area contributed by atoms with Crippen molar-refractivity contribution in [3.63, 3.8) is 0 Å². The summed E-state index contributed by atoms with van der Waals surface area (Å²) in [6.45, 7) is 6.11. The van der Waals surface area contributed by atoms with Gasteiger partial charge in [-0.1, -0.05) is 43.0 Å². The number of aromatic amines is 1. The summed E-state index contributed by atoms with van der Waals surface area (Å²) < 4.78 is 30.7. The van der Waals surface area contributed by atoms with Crippen LogP contribution in [0.3, 0.4) is 0 Å². The Morgan fingerprint density at radius 1 is 1.15 bits per heavy atom. The van der Waals surface area contributed by atoms with E-state index >= 15 is 0 Å². The predicted octanol–water partition coefficient (Wildman–Crippen LogP) is 5.07. The van der Waals surface area contributed by atoms with Crippen LogP contribution in [-0.4, -0.2) is 45.7 Å². The fourth-order valence-corrected chi connectivity index (χ4v) is 4.06. The maximum absolute atomic E-state index is 13.7. The van der Waals surface area contributed by atoms with E-state index in [1.165, 1.54) is 18.2 Å². The average molecular weight is 530 g/mol. The molecular weight excluding hydrogens is 501 g/mol. The molecule has 2 aromatic heterocycles. The fraction of sp³-hybridized carbons (Fsp3) is 0.241. The predicted molar refractivity (Wildman–Crippen MR) is 143 cm³/mol. The second-order valence-electron chi connectivity index (χ2n) is 9.36. The Kier molecular flexibility index (Phi) is 7.76. The van der Waals surface area contributed by atoms with Gasteiger partial charge in [-0.2, -0.15) is 0 Å². The van der Waals surface area contributed by atoms with Gasteiger partial charge in [-0.15, -0.1) is 0 Å².